The summed E-state index contributed by atoms with van der Waals surface area (Å²) in [6.07, 6.45) is 0. The number of hydrogen-bond donors (Lipinski definition) is 1. The van der Waals surface area contributed by atoms with Crippen LogP contribution in [0.25, 0.3) is 0 Å². The summed E-state index contributed by atoms with van der Waals surface area (Å²) >= 11 is 0. The van der Waals surface area contributed by atoms with Gasteiger partial charge in [-0.15, -0.1) is 0 Å². The molecule has 2 aromatic rings. The molecule has 0 unspecified atom stereocenters. The predicted octanol–water partition coefficient (Wildman–Crippen LogP) is 4.59. The van der Waals surface area contributed by atoms with Crippen LogP contribution in [0.15, 0.2) is 54.6 Å². The van der Waals surface area contributed by atoms with Gasteiger partial charge in [-0.2, -0.15) is 0 Å². The second kappa shape index (κ2) is 7.84. The quantitative estimate of drug-likeness (QED) is 0.799. The van der Waals surface area contributed by atoms with Crippen molar-refractivity contribution < 1.29 is 0 Å². The normalized spacial score (nSPS) is 10.9. The predicted molar refractivity (Wildman–Crippen MR) is 92.1 cm³/mol. The number of anilines is 2. The Balaban J connectivity index is 2.21. The van der Waals surface area contributed by atoms with E-state index in [-0.39, 0.29) is 0 Å². The summed E-state index contributed by atoms with van der Waals surface area (Å²) < 4.78 is 0. The first-order valence-electron chi connectivity index (χ1n) is 7.83. The van der Waals surface area contributed by atoms with Crippen LogP contribution in [0, 0.1) is 5.92 Å². The molecule has 0 fully saturated rings. The van der Waals surface area contributed by atoms with Crippen molar-refractivity contribution in [2.75, 3.05) is 18.0 Å². The van der Waals surface area contributed by atoms with Crippen molar-refractivity contribution in [1.29, 1.82) is 0 Å². The Labute approximate surface area is 128 Å². The molecule has 2 nitrogen and oxygen atoms in total. The average molecular weight is 282 g/mol. The van der Waals surface area contributed by atoms with Crippen molar-refractivity contribution in [3.63, 3.8) is 0 Å². The van der Waals surface area contributed by atoms with E-state index in [9.17, 15) is 0 Å². The summed E-state index contributed by atoms with van der Waals surface area (Å²) in [4.78, 5) is 2.37. The Morgan fingerprint density at radius 1 is 0.952 bits per heavy atom. The van der Waals surface area contributed by atoms with Gasteiger partial charge < -0.3 is 10.2 Å². The maximum absolute atomic E-state index is 3.55. The van der Waals surface area contributed by atoms with Gasteiger partial charge >= 0.3 is 0 Å². The summed E-state index contributed by atoms with van der Waals surface area (Å²) in [5.74, 6) is 0.675. The first-order chi connectivity index (χ1) is 10.2. The van der Waals surface area contributed by atoms with E-state index in [1.807, 2.05) is 0 Å². The Hall–Kier alpha value is -1.80. The van der Waals surface area contributed by atoms with Crippen LogP contribution in [0.1, 0.15) is 26.3 Å². The van der Waals surface area contributed by atoms with Crippen LogP contribution >= 0.6 is 0 Å². The van der Waals surface area contributed by atoms with E-state index in [0.29, 0.717) is 5.92 Å². The maximum Gasteiger partial charge on any atom is 0.0456 e. The molecule has 21 heavy (non-hydrogen) atoms. The van der Waals surface area contributed by atoms with Crippen LogP contribution in [0.5, 0.6) is 0 Å². The van der Waals surface area contributed by atoms with Gasteiger partial charge in [-0.3, -0.25) is 0 Å². The van der Waals surface area contributed by atoms with E-state index in [1.54, 1.807) is 0 Å². The maximum atomic E-state index is 3.55. The minimum absolute atomic E-state index is 0.675. The molecule has 0 aliphatic carbocycles. The number of para-hydroxylation sites is 2. The Kier molecular flexibility index (Phi) is 5.82. The average Bonchev–Trinajstić information content (AvgIpc) is 2.50. The van der Waals surface area contributed by atoms with Crippen molar-refractivity contribution in [2.45, 2.75) is 27.3 Å². The van der Waals surface area contributed by atoms with E-state index in [0.717, 1.165) is 19.6 Å². The van der Waals surface area contributed by atoms with Gasteiger partial charge in [0.05, 0.1) is 0 Å². The lowest BCUT2D eigenvalue weighted by molar-refractivity contribution is 0.552. The van der Waals surface area contributed by atoms with Gasteiger partial charge in [0.1, 0.15) is 0 Å². The third-order valence-corrected chi connectivity index (χ3v) is 3.53. The topological polar surface area (TPSA) is 15.3 Å². The van der Waals surface area contributed by atoms with Crippen molar-refractivity contribution in [3.05, 3.63) is 60.2 Å². The van der Waals surface area contributed by atoms with E-state index in [2.05, 4.69) is 85.6 Å². The van der Waals surface area contributed by atoms with Crippen LogP contribution < -0.4 is 10.2 Å². The lowest BCUT2D eigenvalue weighted by atomic mass is 10.1. The van der Waals surface area contributed by atoms with Gasteiger partial charge in [0.25, 0.3) is 0 Å². The van der Waals surface area contributed by atoms with E-state index < -0.39 is 0 Å². The molecule has 0 saturated carbocycles. The standard InChI is InChI=1S/C19H26N2/c1-4-21(18-11-6-5-7-12-18)19-13-9-8-10-17(19)15-20-14-16(2)3/h5-13,16,20H,4,14-15H2,1-3H3. The van der Waals surface area contributed by atoms with E-state index >= 15 is 0 Å². The molecule has 0 spiro atoms. The Morgan fingerprint density at radius 3 is 2.29 bits per heavy atom. The van der Waals surface area contributed by atoms with Gasteiger partial charge in [0.2, 0.25) is 0 Å². The zero-order valence-electron chi connectivity index (χ0n) is 13.3. The third-order valence-electron chi connectivity index (χ3n) is 3.53. The highest BCUT2D eigenvalue weighted by Gasteiger charge is 2.10. The molecule has 0 atom stereocenters. The minimum Gasteiger partial charge on any atom is -0.342 e. The molecule has 2 rings (SSSR count). The van der Waals surface area contributed by atoms with Crippen LogP contribution in [0.4, 0.5) is 11.4 Å². The van der Waals surface area contributed by atoms with Gasteiger partial charge in [0.15, 0.2) is 0 Å². The first-order valence-corrected chi connectivity index (χ1v) is 7.83. The minimum atomic E-state index is 0.675. The Morgan fingerprint density at radius 2 is 1.62 bits per heavy atom. The summed E-state index contributed by atoms with van der Waals surface area (Å²) in [7, 11) is 0. The van der Waals surface area contributed by atoms with Gasteiger partial charge in [-0.25, -0.2) is 0 Å². The second-order valence-electron chi connectivity index (χ2n) is 5.73. The van der Waals surface area contributed by atoms with Crippen LogP contribution in [-0.2, 0) is 6.54 Å². The largest absolute Gasteiger partial charge is 0.342 e. The fourth-order valence-corrected chi connectivity index (χ4v) is 2.52. The molecule has 2 heteroatoms. The van der Waals surface area contributed by atoms with Crippen LogP contribution in [-0.4, -0.2) is 13.1 Å². The van der Waals surface area contributed by atoms with E-state index in [1.165, 1.54) is 16.9 Å². The molecule has 112 valence electrons. The first kappa shape index (κ1) is 15.6. The SMILES string of the molecule is CCN(c1ccccc1)c1ccccc1CNCC(C)C. The number of hydrogen-bond acceptors (Lipinski definition) is 2. The summed E-state index contributed by atoms with van der Waals surface area (Å²) in [5, 5.41) is 3.55. The fourth-order valence-electron chi connectivity index (χ4n) is 2.52. The molecular formula is C19H26N2. The monoisotopic (exact) mass is 282 g/mol. The molecule has 0 aliphatic heterocycles. The molecule has 1 N–H and O–H groups in total. The molecule has 0 saturated heterocycles. The number of nitrogens with one attached hydrogen (secondary N) is 1. The summed E-state index contributed by atoms with van der Waals surface area (Å²) in [6, 6.07) is 19.3. The molecule has 0 heterocycles. The fraction of sp³-hybridized carbons (Fsp3) is 0.368. The van der Waals surface area contributed by atoms with Crippen molar-refractivity contribution in [3.8, 4) is 0 Å². The van der Waals surface area contributed by atoms with Crippen LogP contribution in [0.3, 0.4) is 0 Å². The van der Waals surface area contributed by atoms with Crippen molar-refractivity contribution in [2.24, 2.45) is 5.92 Å². The lowest BCUT2D eigenvalue weighted by Crippen LogP contribution is -2.22. The number of benzene rings is 2. The van der Waals surface area contributed by atoms with Crippen LogP contribution in [0.2, 0.25) is 0 Å². The highest BCUT2D eigenvalue weighted by atomic mass is 15.1. The third kappa shape index (κ3) is 4.33. The highest BCUT2D eigenvalue weighted by Crippen LogP contribution is 2.28. The zero-order chi connectivity index (χ0) is 15.1. The van der Waals surface area contributed by atoms with Crippen molar-refractivity contribution in [1.82, 2.24) is 5.32 Å². The molecule has 0 amide bonds. The number of nitrogens with zero attached hydrogens (tertiary/aromatic N) is 1. The molecule has 0 radical (unpaired) electrons. The lowest BCUT2D eigenvalue weighted by Gasteiger charge is -2.26. The van der Waals surface area contributed by atoms with E-state index in [4.69, 9.17) is 0 Å². The van der Waals surface area contributed by atoms with Gasteiger partial charge in [-0.1, -0.05) is 50.2 Å². The van der Waals surface area contributed by atoms with Gasteiger partial charge in [-0.05, 0) is 43.1 Å². The van der Waals surface area contributed by atoms with Crippen molar-refractivity contribution >= 4 is 11.4 Å². The smallest absolute Gasteiger partial charge is 0.0456 e. The number of rotatable bonds is 7. The van der Waals surface area contributed by atoms with Gasteiger partial charge in [0, 0.05) is 24.5 Å². The zero-order valence-corrected chi connectivity index (χ0v) is 13.3. The molecule has 2 aromatic carbocycles. The molecule has 0 bridgehead atoms. The molecular weight excluding hydrogens is 256 g/mol. The molecule has 0 aliphatic rings. The Bertz CT molecular complexity index is 534. The summed E-state index contributed by atoms with van der Waals surface area (Å²) in [5.41, 5.74) is 3.89. The summed E-state index contributed by atoms with van der Waals surface area (Å²) in [6.45, 7) is 9.60. The molecule has 0 aromatic heterocycles. The second-order valence-corrected chi connectivity index (χ2v) is 5.73. The highest BCUT2D eigenvalue weighted by molar-refractivity contribution is 5.66.